The summed E-state index contributed by atoms with van der Waals surface area (Å²) >= 11 is 0. The van der Waals surface area contributed by atoms with Crippen LogP contribution < -0.4 is 0 Å². The van der Waals surface area contributed by atoms with E-state index in [0.29, 0.717) is 11.1 Å². The summed E-state index contributed by atoms with van der Waals surface area (Å²) in [5, 5.41) is 11.6. The minimum Gasteiger partial charge on any atom is -0.262 e. The van der Waals surface area contributed by atoms with E-state index in [4.69, 9.17) is 5.26 Å². The minimum absolute atomic E-state index is 0.225. The van der Waals surface area contributed by atoms with Gasteiger partial charge >= 0.3 is 0 Å². The Morgan fingerprint density at radius 3 is 2.40 bits per heavy atom. The number of benzene rings is 3. The number of rotatable bonds is 3. The molecule has 0 amide bonds. The van der Waals surface area contributed by atoms with Crippen molar-refractivity contribution in [2.45, 2.75) is 4.90 Å². The van der Waals surface area contributed by atoms with Crippen LogP contribution in [0.15, 0.2) is 96.3 Å². The molecule has 5 aromatic rings. The molecule has 2 heterocycles. The number of nitriles is 1. The molecule has 0 saturated carbocycles. The van der Waals surface area contributed by atoms with Crippen molar-refractivity contribution in [3.8, 4) is 17.2 Å². The maximum atomic E-state index is 13.4. The lowest BCUT2D eigenvalue weighted by Crippen LogP contribution is -2.11. The molecule has 2 aromatic heterocycles. The topological polar surface area (TPSA) is 75.8 Å². The Hall–Kier alpha value is -3.95. The predicted octanol–water partition coefficient (Wildman–Crippen LogP) is 4.97. The molecule has 3 aromatic carbocycles. The fourth-order valence-corrected chi connectivity index (χ4v) is 5.01. The molecule has 0 fully saturated rings. The molecule has 0 bridgehead atoms. The average Bonchev–Trinajstić information content (AvgIpc) is 3.24. The predicted molar refractivity (Wildman–Crippen MR) is 116 cm³/mol. The van der Waals surface area contributed by atoms with Crippen LogP contribution in [0.5, 0.6) is 0 Å². The van der Waals surface area contributed by atoms with Gasteiger partial charge in [-0.3, -0.25) is 4.98 Å². The van der Waals surface area contributed by atoms with Crippen LogP contribution in [0.1, 0.15) is 5.56 Å². The Kier molecular flexibility index (Phi) is 4.12. The summed E-state index contributed by atoms with van der Waals surface area (Å²) in [6, 6.07) is 23.8. The molecule has 144 valence electrons. The molecule has 5 rings (SSSR count). The quantitative estimate of drug-likeness (QED) is 0.422. The highest BCUT2D eigenvalue weighted by Gasteiger charge is 2.20. The van der Waals surface area contributed by atoms with Crippen molar-refractivity contribution in [1.29, 1.82) is 5.26 Å². The summed E-state index contributed by atoms with van der Waals surface area (Å²) in [7, 11) is -3.79. The summed E-state index contributed by atoms with van der Waals surface area (Å²) in [5.41, 5.74) is 2.75. The van der Waals surface area contributed by atoms with Crippen molar-refractivity contribution < 1.29 is 8.42 Å². The zero-order valence-electron chi connectivity index (χ0n) is 15.7. The van der Waals surface area contributed by atoms with E-state index in [2.05, 4.69) is 11.1 Å². The molecule has 5 nitrogen and oxygen atoms in total. The summed E-state index contributed by atoms with van der Waals surface area (Å²) in [5.74, 6) is 0. The van der Waals surface area contributed by atoms with E-state index in [1.807, 2.05) is 42.5 Å². The maximum Gasteiger partial charge on any atom is 0.268 e. The van der Waals surface area contributed by atoms with Crippen LogP contribution in [-0.2, 0) is 10.0 Å². The van der Waals surface area contributed by atoms with Gasteiger partial charge in [0.15, 0.2) is 0 Å². The van der Waals surface area contributed by atoms with Gasteiger partial charge < -0.3 is 0 Å². The third-order valence-corrected chi connectivity index (χ3v) is 6.87. The number of hydrogen-bond acceptors (Lipinski definition) is 4. The zero-order chi connectivity index (χ0) is 20.7. The number of fused-ring (bicyclic) bond motifs is 2. The van der Waals surface area contributed by atoms with Crippen LogP contribution in [0.3, 0.4) is 0 Å². The van der Waals surface area contributed by atoms with Gasteiger partial charge in [0, 0.05) is 23.3 Å². The summed E-state index contributed by atoms with van der Waals surface area (Å²) in [6.07, 6.45) is 4.82. The fourth-order valence-electron chi connectivity index (χ4n) is 3.64. The normalized spacial score (nSPS) is 11.6. The number of aromatic nitrogens is 2. The first kappa shape index (κ1) is 18.1. The van der Waals surface area contributed by atoms with E-state index in [-0.39, 0.29) is 4.90 Å². The second-order valence-electron chi connectivity index (χ2n) is 6.93. The lowest BCUT2D eigenvalue weighted by atomic mass is 10.0. The van der Waals surface area contributed by atoms with Gasteiger partial charge in [-0.1, -0.05) is 42.5 Å². The lowest BCUT2D eigenvalue weighted by molar-refractivity contribution is 0.589. The Bertz CT molecular complexity index is 1560. The van der Waals surface area contributed by atoms with Crippen molar-refractivity contribution >= 4 is 31.7 Å². The van der Waals surface area contributed by atoms with E-state index in [1.54, 1.807) is 48.9 Å². The van der Waals surface area contributed by atoms with E-state index < -0.39 is 10.0 Å². The Morgan fingerprint density at radius 2 is 1.63 bits per heavy atom. The van der Waals surface area contributed by atoms with Crippen molar-refractivity contribution in [1.82, 2.24) is 8.96 Å². The highest BCUT2D eigenvalue weighted by Crippen LogP contribution is 2.31. The number of pyridine rings is 1. The van der Waals surface area contributed by atoms with Gasteiger partial charge in [-0.05, 0) is 46.7 Å². The minimum atomic E-state index is -3.79. The highest BCUT2D eigenvalue weighted by atomic mass is 32.2. The molecule has 0 aliphatic rings. The standard InChI is InChI=1S/C24H15N3O2S/c25-14-17-5-7-19(8-6-17)23-15-26-16-24-22(23)11-12-27(24)30(28,29)21-10-9-18-3-1-2-4-20(18)13-21/h1-13,15-16H. The summed E-state index contributed by atoms with van der Waals surface area (Å²) in [6.45, 7) is 0. The molecule has 0 atom stereocenters. The van der Waals surface area contributed by atoms with Gasteiger partial charge in [0.25, 0.3) is 10.0 Å². The first-order chi connectivity index (χ1) is 14.6. The van der Waals surface area contributed by atoms with Gasteiger partial charge in [-0.15, -0.1) is 0 Å². The third kappa shape index (κ3) is 2.84. The average molecular weight is 409 g/mol. The molecule has 0 radical (unpaired) electrons. The van der Waals surface area contributed by atoms with Gasteiger partial charge in [-0.2, -0.15) is 5.26 Å². The molecule has 0 spiro atoms. The monoisotopic (exact) mass is 409 g/mol. The largest absolute Gasteiger partial charge is 0.268 e. The molecule has 30 heavy (non-hydrogen) atoms. The summed E-state index contributed by atoms with van der Waals surface area (Å²) < 4.78 is 28.0. The second kappa shape index (κ2) is 6.83. The van der Waals surface area contributed by atoms with Crippen molar-refractivity contribution in [3.63, 3.8) is 0 Å². The van der Waals surface area contributed by atoms with Crippen LogP contribution in [-0.4, -0.2) is 17.4 Å². The van der Waals surface area contributed by atoms with Gasteiger partial charge in [0.05, 0.1) is 28.2 Å². The zero-order valence-corrected chi connectivity index (χ0v) is 16.5. The molecule has 0 aliphatic carbocycles. The molecule has 0 saturated heterocycles. The lowest BCUT2D eigenvalue weighted by Gasteiger charge is -2.09. The van der Waals surface area contributed by atoms with E-state index >= 15 is 0 Å². The number of nitrogens with zero attached hydrogens (tertiary/aromatic N) is 3. The van der Waals surface area contributed by atoms with Crippen LogP contribution in [0.4, 0.5) is 0 Å². The van der Waals surface area contributed by atoms with Crippen molar-refractivity contribution in [3.05, 3.63) is 97.0 Å². The first-order valence-electron chi connectivity index (χ1n) is 9.28. The van der Waals surface area contributed by atoms with Gasteiger partial charge in [0.1, 0.15) is 0 Å². The summed E-state index contributed by atoms with van der Waals surface area (Å²) in [4.78, 5) is 4.50. The highest BCUT2D eigenvalue weighted by molar-refractivity contribution is 7.90. The van der Waals surface area contributed by atoms with Crippen molar-refractivity contribution in [2.24, 2.45) is 0 Å². The smallest absolute Gasteiger partial charge is 0.262 e. The third-order valence-electron chi connectivity index (χ3n) is 5.18. The van der Waals surface area contributed by atoms with E-state index in [1.165, 1.54) is 3.97 Å². The van der Waals surface area contributed by atoms with Crippen molar-refractivity contribution in [2.75, 3.05) is 0 Å². The van der Waals surface area contributed by atoms with Crippen LogP contribution in [0.2, 0.25) is 0 Å². The second-order valence-corrected chi connectivity index (χ2v) is 8.75. The van der Waals surface area contributed by atoms with E-state index in [0.717, 1.165) is 27.3 Å². The Balaban J connectivity index is 1.66. The Labute approximate surface area is 173 Å². The maximum absolute atomic E-state index is 13.4. The van der Waals surface area contributed by atoms with Gasteiger partial charge in [-0.25, -0.2) is 12.4 Å². The van der Waals surface area contributed by atoms with Gasteiger partial charge in [0.2, 0.25) is 0 Å². The molecular formula is C24H15N3O2S. The molecular weight excluding hydrogens is 394 g/mol. The van der Waals surface area contributed by atoms with Crippen LogP contribution in [0.25, 0.3) is 32.8 Å². The molecule has 0 aliphatic heterocycles. The molecule has 0 N–H and O–H groups in total. The Morgan fingerprint density at radius 1 is 0.867 bits per heavy atom. The first-order valence-corrected chi connectivity index (χ1v) is 10.7. The van der Waals surface area contributed by atoms with Crippen LogP contribution >= 0.6 is 0 Å². The number of hydrogen-bond donors (Lipinski definition) is 0. The SMILES string of the molecule is N#Cc1ccc(-c2cncc3c2ccn3S(=O)(=O)c2ccc3ccccc3c2)cc1. The fraction of sp³-hybridized carbons (Fsp3) is 0. The van der Waals surface area contributed by atoms with Crippen LogP contribution in [0, 0.1) is 11.3 Å². The van der Waals surface area contributed by atoms with E-state index in [9.17, 15) is 8.42 Å². The molecule has 6 heteroatoms. The molecule has 0 unspecified atom stereocenters.